The average Bonchev–Trinajstić information content (AvgIpc) is 2.97. The summed E-state index contributed by atoms with van der Waals surface area (Å²) < 4.78 is 24.4. The molecule has 1 aromatic heterocycles. The summed E-state index contributed by atoms with van der Waals surface area (Å²) in [4.78, 5) is 42.7. The molecule has 0 saturated carbocycles. The van der Waals surface area contributed by atoms with Gasteiger partial charge in [0, 0.05) is 64.9 Å². The van der Waals surface area contributed by atoms with Gasteiger partial charge in [-0.2, -0.15) is 0 Å². The first-order chi connectivity index (χ1) is 19.4. The van der Waals surface area contributed by atoms with Gasteiger partial charge in [-0.1, -0.05) is 12.1 Å². The van der Waals surface area contributed by atoms with Crippen molar-refractivity contribution in [2.45, 2.75) is 25.8 Å². The lowest BCUT2D eigenvalue weighted by molar-refractivity contribution is -0.134. The van der Waals surface area contributed by atoms with Gasteiger partial charge in [-0.05, 0) is 31.5 Å². The number of rotatable bonds is 12. The van der Waals surface area contributed by atoms with E-state index in [-0.39, 0.29) is 17.1 Å². The SMILES string of the molecule is COc1cc(OC(=O)CCCN2CCN(CCCn3c(=O)c4ccccc4c(=O)n3C)CC2)cc(OC)c1OC. The molecule has 1 fully saturated rings. The van der Waals surface area contributed by atoms with Gasteiger partial charge in [-0.15, -0.1) is 0 Å². The Bertz CT molecular complexity index is 1420. The maximum atomic E-state index is 12.9. The number of ether oxygens (including phenoxy) is 4. The summed E-state index contributed by atoms with van der Waals surface area (Å²) >= 11 is 0. The molecule has 0 unspecified atom stereocenters. The first-order valence-corrected chi connectivity index (χ1v) is 13.5. The summed E-state index contributed by atoms with van der Waals surface area (Å²) in [6.45, 7) is 5.81. The van der Waals surface area contributed by atoms with Gasteiger partial charge in [-0.25, -0.2) is 4.68 Å². The number of methoxy groups -OCH3 is 3. The highest BCUT2D eigenvalue weighted by Crippen LogP contribution is 2.40. The smallest absolute Gasteiger partial charge is 0.311 e. The van der Waals surface area contributed by atoms with Gasteiger partial charge in [0.15, 0.2) is 11.5 Å². The summed E-state index contributed by atoms with van der Waals surface area (Å²) in [7, 11) is 6.19. The quantitative estimate of drug-likeness (QED) is 0.246. The standard InChI is InChI=1S/C29H38N4O7/c1-30-28(35)22-9-5-6-10-23(22)29(36)33(30)14-8-13-32-17-15-31(16-18-32)12-7-11-26(34)40-21-19-24(37-2)27(39-4)25(20-21)38-3/h5-6,9-10,19-20H,7-8,11-18H2,1-4H3. The molecule has 4 rings (SSSR count). The molecule has 216 valence electrons. The van der Waals surface area contributed by atoms with Gasteiger partial charge in [0.1, 0.15) is 5.75 Å². The normalized spacial score (nSPS) is 14.3. The van der Waals surface area contributed by atoms with Crippen molar-refractivity contribution in [1.82, 2.24) is 19.2 Å². The molecule has 40 heavy (non-hydrogen) atoms. The van der Waals surface area contributed by atoms with Gasteiger partial charge in [-0.3, -0.25) is 19.1 Å². The van der Waals surface area contributed by atoms with Crippen molar-refractivity contribution in [2.24, 2.45) is 7.05 Å². The monoisotopic (exact) mass is 554 g/mol. The lowest BCUT2D eigenvalue weighted by Gasteiger charge is -2.34. The third-order valence-corrected chi connectivity index (χ3v) is 7.31. The highest BCUT2D eigenvalue weighted by Gasteiger charge is 2.19. The predicted octanol–water partition coefficient (Wildman–Crippen LogP) is 2.12. The summed E-state index contributed by atoms with van der Waals surface area (Å²) in [5.41, 5.74) is -0.289. The molecule has 1 saturated heterocycles. The molecule has 3 aromatic rings. The average molecular weight is 555 g/mol. The minimum Gasteiger partial charge on any atom is -0.493 e. The number of benzene rings is 2. The number of esters is 1. The van der Waals surface area contributed by atoms with Crippen molar-refractivity contribution in [2.75, 3.05) is 60.6 Å². The first kappa shape index (κ1) is 29.2. The number of carbonyl (C=O) groups is 1. The fourth-order valence-corrected chi connectivity index (χ4v) is 5.09. The summed E-state index contributed by atoms with van der Waals surface area (Å²) in [6, 6.07) is 10.2. The molecule has 0 radical (unpaired) electrons. The molecule has 0 aliphatic carbocycles. The van der Waals surface area contributed by atoms with Crippen LogP contribution in [0, 0.1) is 0 Å². The van der Waals surface area contributed by atoms with Crippen LogP contribution in [0.1, 0.15) is 19.3 Å². The Hall–Kier alpha value is -3.83. The van der Waals surface area contributed by atoms with E-state index in [0.29, 0.717) is 53.2 Å². The van der Waals surface area contributed by atoms with E-state index in [1.807, 2.05) is 0 Å². The van der Waals surface area contributed by atoms with E-state index in [1.54, 1.807) is 43.4 Å². The van der Waals surface area contributed by atoms with E-state index in [9.17, 15) is 14.4 Å². The van der Waals surface area contributed by atoms with Gasteiger partial charge < -0.3 is 28.7 Å². The van der Waals surface area contributed by atoms with Crippen molar-refractivity contribution < 1.29 is 23.7 Å². The maximum absolute atomic E-state index is 12.9. The van der Waals surface area contributed by atoms with Gasteiger partial charge >= 0.3 is 5.97 Å². The number of fused-ring (bicyclic) bond motifs is 1. The molecule has 0 spiro atoms. The summed E-state index contributed by atoms with van der Waals surface area (Å²) in [6.07, 6.45) is 1.77. The van der Waals surface area contributed by atoms with Crippen molar-refractivity contribution in [1.29, 1.82) is 0 Å². The minimum absolute atomic E-state index is 0.133. The highest BCUT2D eigenvalue weighted by molar-refractivity contribution is 5.80. The molecule has 11 nitrogen and oxygen atoms in total. The zero-order chi connectivity index (χ0) is 28.6. The van der Waals surface area contributed by atoms with Crippen LogP contribution >= 0.6 is 0 Å². The molecule has 0 atom stereocenters. The second-order valence-corrected chi connectivity index (χ2v) is 9.78. The van der Waals surface area contributed by atoms with Crippen LogP contribution in [0.4, 0.5) is 0 Å². The Morgan fingerprint density at radius 1 is 0.775 bits per heavy atom. The van der Waals surface area contributed by atoms with E-state index >= 15 is 0 Å². The maximum Gasteiger partial charge on any atom is 0.311 e. The molecular formula is C29H38N4O7. The van der Waals surface area contributed by atoms with Crippen molar-refractivity contribution >= 4 is 16.7 Å². The van der Waals surface area contributed by atoms with Crippen molar-refractivity contribution in [3.63, 3.8) is 0 Å². The van der Waals surface area contributed by atoms with E-state index < -0.39 is 0 Å². The Morgan fingerprint density at radius 2 is 1.32 bits per heavy atom. The summed E-state index contributed by atoms with van der Waals surface area (Å²) in [5, 5.41) is 0.920. The lowest BCUT2D eigenvalue weighted by Crippen LogP contribution is -2.47. The van der Waals surface area contributed by atoms with Crippen LogP contribution in [0.2, 0.25) is 0 Å². The van der Waals surface area contributed by atoms with E-state index in [0.717, 1.165) is 45.7 Å². The van der Waals surface area contributed by atoms with Crippen LogP contribution in [-0.2, 0) is 18.4 Å². The zero-order valence-corrected chi connectivity index (χ0v) is 23.7. The lowest BCUT2D eigenvalue weighted by atomic mass is 10.2. The van der Waals surface area contributed by atoms with Gasteiger partial charge in [0.2, 0.25) is 5.75 Å². The topological polar surface area (TPSA) is 104 Å². The fraction of sp³-hybridized carbons (Fsp3) is 0.483. The van der Waals surface area contributed by atoms with Crippen molar-refractivity contribution in [3.8, 4) is 23.0 Å². The third kappa shape index (κ3) is 6.65. The number of hydrogen-bond acceptors (Lipinski definition) is 9. The Morgan fingerprint density at radius 3 is 1.88 bits per heavy atom. The number of carbonyl (C=O) groups excluding carboxylic acids is 1. The first-order valence-electron chi connectivity index (χ1n) is 13.5. The van der Waals surface area contributed by atoms with Gasteiger partial charge in [0.25, 0.3) is 11.1 Å². The van der Waals surface area contributed by atoms with Gasteiger partial charge in [0.05, 0.1) is 32.1 Å². The second-order valence-electron chi connectivity index (χ2n) is 9.78. The van der Waals surface area contributed by atoms with Crippen LogP contribution in [0.5, 0.6) is 23.0 Å². The van der Waals surface area contributed by atoms with Crippen LogP contribution in [-0.4, -0.2) is 85.7 Å². The zero-order valence-electron chi connectivity index (χ0n) is 23.7. The molecule has 1 aliphatic rings. The summed E-state index contributed by atoms with van der Waals surface area (Å²) in [5.74, 6) is 1.33. The Kier molecular flexibility index (Phi) is 9.84. The largest absolute Gasteiger partial charge is 0.493 e. The van der Waals surface area contributed by atoms with Crippen LogP contribution in [0.3, 0.4) is 0 Å². The van der Waals surface area contributed by atoms with E-state index in [1.165, 1.54) is 30.7 Å². The molecule has 0 N–H and O–H groups in total. The molecule has 0 amide bonds. The minimum atomic E-state index is -0.314. The number of piperazine rings is 1. The molecule has 2 heterocycles. The Balaban J connectivity index is 1.19. The van der Waals surface area contributed by atoms with E-state index in [4.69, 9.17) is 18.9 Å². The van der Waals surface area contributed by atoms with Crippen LogP contribution in [0.15, 0.2) is 46.0 Å². The number of hydrogen-bond donors (Lipinski definition) is 0. The number of aromatic nitrogens is 2. The predicted molar refractivity (Wildman–Crippen MR) is 152 cm³/mol. The molecular weight excluding hydrogens is 516 g/mol. The van der Waals surface area contributed by atoms with Crippen LogP contribution < -0.4 is 30.1 Å². The molecule has 0 bridgehead atoms. The second kappa shape index (κ2) is 13.5. The number of nitrogens with zero attached hydrogens (tertiary/aromatic N) is 4. The fourth-order valence-electron chi connectivity index (χ4n) is 5.09. The Labute approximate surface area is 233 Å². The highest BCUT2D eigenvalue weighted by atomic mass is 16.5. The molecule has 11 heteroatoms. The van der Waals surface area contributed by atoms with E-state index in [2.05, 4.69) is 9.80 Å². The third-order valence-electron chi connectivity index (χ3n) is 7.31. The molecule has 2 aromatic carbocycles. The van der Waals surface area contributed by atoms with Crippen LogP contribution in [0.25, 0.3) is 10.8 Å². The molecule has 1 aliphatic heterocycles. The van der Waals surface area contributed by atoms with Crippen molar-refractivity contribution in [3.05, 3.63) is 57.1 Å².